The summed E-state index contributed by atoms with van der Waals surface area (Å²) < 4.78 is 5.51. The van der Waals surface area contributed by atoms with Crippen molar-refractivity contribution in [2.45, 2.75) is 19.4 Å². The highest BCUT2D eigenvalue weighted by Crippen LogP contribution is 2.20. The van der Waals surface area contributed by atoms with E-state index in [1.165, 1.54) is 12.3 Å². The van der Waals surface area contributed by atoms with Gasteiger partial charge in [-0.25, -0.2) is 4.98 Å². The van der Waals surface area contributed by atoms with Gasteiger partial charge < -0.3 is 15.4 Å². The van der Waals surface area contributed by atoms with Crippen molar-refractivity contribution in [2.24, 2.45) is 0 Å². The quantitative estimate of drug-likeness (QED) is 0.840. The number of hydrogen-bond donors (Lipinski definition) is 1. The number of carbonyl (C=O) groups excluding carboxylic acids is 1. The molecule has 1 aromatic rings. The lowest BCUT2D eigenvalue weighted by Gasteiger charge is -2.22. The molecule has 0 radical (unpaired) electrons. The van der Waals surface area contributed by atoms with Crippen molar-refractivity contribution >= 4 is 23.3 Å². The number of ether oxygens (including phenoxy) is 1. The Morgan fingerprint density at radius 3 is 3.22 bits per heavy atom. The summed E-state index contributed by atoms with van der Waals surface area (Å²) >= 11 is 5.99. The molecule has 0 bridgehead atoms. The van der Waals surface area contributed by atoms with Gasteiger partial charge in [-0.1, -0.05) is 11.6 Å². The van der Waals surface area contributed by atoms with E-state index in [0.717, 1.165) is 6.42 Å². The third-order valence-electron chi connectivity index (χ3n) is 2.85. The van der Waals surface area contributed by atoms with E-state index in [9.17, 15) is 4.79 Å². The van der Waals surface area contributed by atoms with E-state index in [0.29, 0.717) is 36.1 Å². The third kappa shape index (κ3) is 2.91. The van der Waals surface area contributed by atoms with Gasteiger partial charge in [0.25, 0.3) is 5.91 Å². The second kappa shape index (κ2) is 5.54. The van der Waals surface area contributed by atoms with E-state index in [4.69, 9.17) is 22.1 Å². The fourth-order valence-corrected chi connectivity index (χ4v) is 2.15. The van der Waals surface area contributed by atoms with Gasteiger partial charge in [0.05, 0.1) is 16.7 Å². The first-order chi connectivity index (χ1) is 8.58. The van der Waals surface area contributed by atoms with Crippen LogP contribution in [0.5, 0.6) is 0 Å². The highest BCUT2D eigenvalue weighted by molar-refractivity contribution is 6.33. The molecule has 0 spiro atoms. The summed E-state index contributed by atoms with van der Waals surface area (Å²) in [6.45, 7) is 3.87. The largest absolute Gasteiger partial charge is 0.384 e. The molecule has 2 heterocycles. The van der Waals surface area contributed by atoms with Crippen molar-refractivity contribution in [3.8, 4) is 0 Å². The Labute approximate surface area is 111 Å². The van der Waals surface area contributed by atoms with Crippen LogP contribution < -0.4 is 5.73 Å². The minimum absolute atomic E-state index is 0.0365. The Balaban J connectivity index is 2.21. The number of pyridine rings is 1. The normalized spacial score (nSPS) is 20.6. The van der Waals surface area contributed by atoms with Crippen molar-refractivity contribution in [1.82, 2.24) is 9.88 Å². The monoisotopic (exact) mass is 269 g/mol. The summed E-state index contributed by atoms with van der Waals surface area (Å²) in [5, 5.41) is 0.326. The average Bonchev–Trinajstić information content (AvgIpc) is 2.56. The molecule has 1 aliphatic rings. The van der Waals surface area contributed by atoms with Crippen molar-refractivity contribution < 1.29 is 9.53 Å². The van der Waals surface area contributed by atoms with E-state index in [2.05, 4.69) is 4.98 Å². The van der Waals surface area contributed by atoms with Gasteiger partial charge in [0, 0.05) is 25.9 Å². The molecule has 2 N–H and O–H groups in total. The number of aromatic nitrogens is 1. The number of nitrogens with zero attached hydrogens (tertiary/aromatic N) is 2. The summed E-state index contributed by atoms with van der Waals surface area (Å²) in [4.78, 5) is 18.0. The molecule has 1 aliphatic heterocycles. The molecule has 0 aromatic carbocycles. The first-order valence-electron chi connectivity index (χ1n) is 5.90. The van der Waals surface area contributed by atoms with Gasteiger partial charge in [-0.3, -0.25) is 4.79 Å². The van der Waals surface area contributed by atoms with Crippen molar-refractivity contribution in [1.29, 1.82) is 0 Å². The smallest absolute Gasteiger partial charge is 0.255 e. The highest BCUT2D eigenvalue weighted by atomic mass is 35.5. The zero-order valence-electron chi connectivity index (χ0n) is 10.2. The van der Waals surface area contributed by atoms with Gasteiger partial charge in [-0.2, -0.15) is 0 Å². The van der Waals surface area contributed by atoms with Gasteiger partial charge >= 0.3 is 0 Å². The topological polar surface area (TPSA) is 68.5 Å². The highest BCUT2D eigenvalue weighted by Gasteiger charge is 2.23. The SMILES string of the molecule is CC1CN(C(=O)c2cc(N)ncc2Cl)CCCO1. The molecule has 6 heteroatoms. The Morgan fingerprint density at radius 2 is 2.44 bits per heavy atom. The van der Waals surface area contributed by atoms with Crippen LogP contribution in [-0.2, 0) is 4.74 Å². The Hall–Kier alpha value is -1.33. The summed E-state index contributed by atoms with van der Waals surface area (Å²) in [6.07, 6.45) is 2.27. The summed E-state index contributed by atoms with van der Waals surface area (Å²) in [7, 11) is 0. The molecule has 1 unspecified atom stereocenters. The van der Waals surface area contributed by atoms with Crippen LogP contribution in [0, 0.1) is 0 Å². The van der Waals surface area contributed by atoms with E-state index < -0.39 is 0 Å². The number of nitrogens with two attached hydrogens (primary N) is 1. The fraction of sp³-hybridized carbons (Fsp3) is 0.500. The van der Waals surface area contributed by atoms with E-state index >= 15 is 0 Å². The van der Waals surface area contributed by atoms with Crippen molar-refractivity contribution in [3.05, 3.63) is 22.8 Å². The lowest BCUT2D eigenvalue weighted by molar-refractivity contribution is 0.0563. The van der Waals surface area contributed by atoms with Gasteiger partial charge in [0.15, 0.2) is 0 Å². The first-order valence-corrected chi connectivity index (χ1v) is 6.27. The van der Waals surface area contributed by atoms with E-state index in [-0.39, 0.29) is 12.0 Å². The van der Waals surface area contributed by atoms with Crippen molar-refractivity contribution in [2.75, 3.05) is 25.4 Å². The fourth-order valence-electron chi connectivity index (χ4n) is 1.97. The standard InChI is InChI=1S/C12H16ClN3O2/c1-8-7-16(3-2-4-18-8)12(17)9-5-11(14)15-6-10(9)13/h5-6,8H,2-4,7H2,1H3,(H2,14,15). The van der Waals surface area contributed by atoms with E-state index in [1.54, 1.807) is 4.90 Å². The van der Waals surface area contributed by atoms with Crippen LogP contribution in [0.1, 0.15) is 23.7 Å². The zero-order chi connectivity index (χ0) is 13.1. The molecule has 1 fully saturated rings. The summed E-state index contributed by atoms with van der Waals surface area (Å²) in [6, 6.07) is 1.51. The molecule has 1 aromatic heterocycles. The molecular formula is C12H16ClN3O2. The number of anilines is 1. The predicted octanol–water partition coefficient (Wildman–Crippen LogP) is 1.57. The van der Waals surface area contributed by atoms with Crippen molar-refractivity contribution in [3.63, 3.8) is 0 Å². The zero-order valence-corrected chi connectivity index (χ0v) is 11.0. The van der Waals surface area contributed by atoms with Gasteiger partial charge in [0.2, 0.25) is 0 Å². The molecule has 0 aliphatic carbocycles. The number of nitrogen functional groups attached to an aromatic ring is 1. The predicted molar refractivity (Wildman–Crippen MR) is 69.6 cm³/mol. The average molecular weight is 270 g/mol. The van der Waals surface area contributed by atoms with Crippen LogP contribution in [0.2, 0.25) is 5.02 Å². The molecule has 1 saturated heterocycles. The second-order valence-electron chi connectivity index (χ2n) is 4.38. The molecule has 1 amide bonds. The van der Waals surface area contributed by atoms with Gasteiger partial charge in [0.1, 0.15) is 5.82 Å². The number of amides is 1. The molecule has 5 nitrogen and oxygen atoms in total. The molecule has 18 heavy (non-hydrogen) atoms. The van der Waals surface area contributed by atoms with Crippen LogP contribution in [-0.4, -0.2) is 41.6 Å². The maximum absolute atomic E-state index is 12.4. The molecule has 1 atom stereocenters. The minimum atomic E-state index is -0.119. The summed E-state index contributed by atoms with van der Waals surface area (Å²) in [5.41, 5.74) is 5.99. The number of halogens is 1. The Bertz CT molecular complexity index is 453. The van der Waals surface area contributed by atoms with Crippen LogP contribution in [0.3, 0.4) is 0 Å². The summed E-state index contributed by atoms with van der Waals surface area (Å²) in [5.74, 6) is 0.174. The maximum atomic E-state index is 12.4. The van der Waals surface area contributed by atoms with Crippen LogP contribution in [0.4, 0.5) is 5.82 Å². The van der Waals surface area contributed by atoms with Crippen LogP contribution in [0.25, 0.3) is 0 Å². The van der Waals surface area contributed by atoms with Gasteiger partial charge in [-0.15, -0.1) is 0 Å². The number of hydrogen-bond acceptors (Lipinski definition) is 4. The number of carbonyl (C=O) groups is 1. The van der Waals surface area contributed by atoms with Crippen LogP contribution in [0.15, 0.2) is 12.3 Å². The molecule has 2 rings (SSSR count). The molecule has 0 saturated carbocycles. The number of rotatable bonds is 1. The first kappa shape index (κ1) is 13.1. The second-order valence-corrected chi connectivity index (χ2v) is 4.78. The third-order valence-corrected chi connectivity index (χ3v) is 3.15. The lowest BCUT2D eigenvalue weighted by atomic mass is 10.2. The van der Waals surface area contributed by atoms with Crippen LogP contribution >= 0.6 is 11.6 Å². The molecule has 98 valence electrons. The maximum Gasteiger partial charge on any atom is 0.255 e. The Morgan fingerprint density at radius 1 is 1.67 bits per heavy atom. The molecular weight excluding hydrogens is 254 g/mol. The minimum Gasteiger partial charge on any atom is -0.384 e. The van der Waals surface area contributed by atoms with E-state index in [1.807, 2.05) is 6.92 Å². The Kier molecular flexibility index (Phi) is 4.04. The lowest BCUT2D eigenvalue weighted by Crippen LogP contribution is -2.36. The van der Waals surface area contributed by atoms with Gasteiger partial charge in [-0.05, 0) is 19.4 Å².